The van der Waals surface area contributed by atoms with Gasteiger partial charge in [0.05, 0.1) is 5.52 Å². The average Bonchev–Trinajstić information content (AvgIpc) is 2.58. The number of hydrogen-bond acceptors (Lipinski definition) is 2. The topological polar surface area (TPSA) is 55.1 Å². The number of carboxylic acid groups (broad SMARTS) is 1. The maximum atomic E-state index is 13.4. The van der Waals surface area contributed by atoms with Gasteiger partial charge < -0.3 is 9.67 Å². The number of hydrogen-bond donors (Lipinski definition) is 1. The molecule has 0 bridgehead atoms. The van der Waals surface area contributed by atoms with Gasteiger partial charge in [-0.2, -0.15) is 0 Å². The second-order valence-electron chi connectivity index (χ2n) is 3.47. The summed E-state index contributed by atoms with van der Waals surface area (Å²) >= 11 is 0. The van der Waals surface area contributed by atoms with E-state index in [1.807, 2.05) is 6.92 Å². The van der Waals surface area contributed by atoms with Crippen LogP contribution < -0.4 is 0 Å². The maximum absolute atomic E-state index is 13.4. The number of benzene rings is 1. The van der Waals surface area contributed by atoms with Gasteiger partial charge >= 0.3 is 5.97 Å². The summed E-state index contributed by atoms with van der Waals surface area (Å²) in [5, 5.41) is 8.79. The first kappa shape index (κ1) is 10.6. The smallest absolute Gasteiger partial charge is 0.323 e. The first-order chi connectivity index (χ1) is 7.63. The summed E-state index contributed by atoms with van der Waals surface area (Å²) < 4.78 is 15.0. The Bertz CT molecular complexity index is 548. The van der Waals surface area contributed by atoms with Gasteiger partial charge in [-0.3, -0.25) is 4.79 Å². The Labute approximate surface area is 91.3 Å². The number of para-hydroxylation sites is 1. The molecule has 0 fully saturated rings. The molecule has 1 aromatic carbocycles. The molecule has 84 valence electrons. The molecule has 1 aromatic heterocycles. The number of halogens is 1. The lowest BCUT2D eigenvalue weighted by atomic mass is 10.3. The van der Waals surface area contributed by atoms with Gasteiger partial charge in [0.25, 0.3) is 0 Å². The van der Waals surface area contributed by atoms with Crippen LogP contribution in [-0.4, -0.2) is 20.6 Å². The monoisotopic (exact) mass is 222 g/mol. The van der Waals surface area contributed by atoms with E-state index in [2.05, 4.69) is 4.98 Å². The van der Waals surface area contributed by atoms with Gasteiger partial charge in [0, 0.05) is 6.42 Å². The zero-order chi connectivity index (χ0) is 11.7. The molecule has 16 heavy (non-hydrogen) atoms. The van der Waals surface area contributed by atoms with E-state index in [0.29, 0.717) is 17.8 Å². The highest BCUT2D eigenvalue weighted by molar-refractivity contribution is 5.79. The van der Waals surface area contributed by atoms with Crippen LogP contribution in [0.3, 0.4) is 0 Å². The van der Waals surface area contributed by atoms with E-state index in [-0.39, 0.29) is 12.1 Å². The van der Waals surface area contributed by atoms with Crippen molar-refractivity contribution < 1.29 is 14.3 Å². The Morgan fingerprint density at radius 3 is 2.94 bits per heavy atom. The van der Waals surface area contributed by atoms with Crippen molar-refractivity contribution >= 4 is 17.0 Å². The van der Waals surface area contributed by atoms with Crippen molar-refractivity contribution in [3.05, 3.63) is 29.8 Å². The fraction of sp³-hybridized carbons (Fsp3) is 0.273. The SMILES string of the molecule is CCc1nc2c(F)cccc2n1CC(=O)O. The van der Waals surface area contributed by atoms with E-state index >= 15 is 0 Å². The number of carbonyl (C=O) groups is 1. The fourth-order valence-electron chi connectivity index (χ4n) is 1.74. The molecule has 2 aromatic rings. The van der Waals surface area contributed by atoms with Crippen LogP contribution in [0.4, 0.5) is 4.39 Å². The van der Waals surface area contributed by atoms with Gasteiger partial charge in [-0.1, -0.05) is 13.0 Å². The molecule has 0 saturated heterocycles. The van der Waals surface area contributed by atoms with Crippen molar-refractivity contribution in [3.63, 3.8) is 0 Å². The first-order valence-electron chi connectivity index (χ1n) is 4.99. The summed E-state index contributed by atoms with van der Waals surface area (Å²) in [5.74, 6) is -0.794. The van der Waals surface area contributed by atoms with Crippen molar-refractivity contribution in [2.24, 2.45) is 0 Å². The molecule has 1 heterocycles. The van der Waals surface area contributed by atoms with Crippen LogP contribution in [0, 0.1) is 5.82 Å². The predicted molar refractivity (Wildman–Crippen MR) is 56.7 cm³/mol. The fourth-order valence-corrected chi connectivity index (χ4v) is 1.74. The van der Waals surface area contributed by atoms with Gasteiger partial charge in [-0.15, -0.1) is 0 Å². The van der Waals surface area contributed by atoms with Crippen molar-refractivity contribution in [1.82, 2.24) is 9.55 Å². The number of aryl methyl sites for hydroxylation is 1. The Kier molecular flexibility index (Phi) is 2.60. The van der Waals surface area contributed by atoms with Crippen molar-refractivity contribution in [1.29, 1.82) is 0 Å². The van der Waals surface area contributed by atoms with Gasteiger partial charge in [-0.05, 0) is 12.1 Å². The Hall–Kier alpha value is -1.91. The van der Waals surface area contributed by atoms with Crippen molar-refractivity contribution in [2.45, 2.75) is 19.9 Å². The summed E-state index contributed by atoms with van der Waals surface area (Å²) in [6.07, 6.45) is 0.571. The van der Waals surface area contributed by atoms with Crippen molar-refractivity contribution in [2.75, 3.05) is 0 Å². The molecule has 0 spiro atoms. The van der Waals surface area contributed by atoms with E-state index in [1.165, 1.54) is 10.6 Å². The lowest BCUT2D eigenvalue weighted by molar-refractivity contribution is -0.137. The molecule has 5 heteroatoms. The average molecular weight is 222 g/mol. The number of imidazole rings is 1. The minimum atomic E-state index is -0.960. The van der Waals surface area contributed by atoms with Gasteiger partial charge in [0.2, 0.25) is 0 Å². The third-order valence-electron chi connectivity index (χ3n) is 2.42. The third-order valence-corrected chi connectivity index (χ3v) is 2.42. The summed E-state index contributed by atoms with van der Waals surface area (Å²) in [7, 11) is 0. The highest BCUT2D eigenvalue weighted by atomic mass is 19.1. The van der Waals surface area contributed by atoms with Crippen LogP contribution in [0.25, 0.3) is 11.0 Å². The highest BCUT2D eigenvalue weighted by Gasteiger charge is 2.13. The van der Waals surface area contributed by atoms with Crippen LogP contribution in [0.2, 0.25) is 0 Å². The zero-order valence-corrected chi connectivity index (χ0v) is 8.77. The quantitative estimate of drug-likeness (QED) is 0.861. The van der Waals surface area contributed by atoms with E-state index in [4.69, 9.17) is 5.11 Å². The summed E-state index contributed by atoms with van der Waals surface area (Å²) in [6, 6.07) is 4.55. The zero-order valence-electron chi connectivity index (χ0n) is 8.77. The van der Waals surface area contributed by atoms with Crippen LogP contribution in [-0.2, 0) is 17.8 Å². The largest absolute Gasteiger partial charge is 0.480 e. The van der Waals surface area contributed by atoms with E-state index in [0.717, 1.165) is 0 Å². The minimum absolute atomic E-state index is 0.191. The van der Waals surface area contributed by atoms with Crippen LogP contribution in [0.15, 0.2) is 18.2 Å². The van der Waals surface area contributed by atoms with Crippen LogP contribution in [0.5, 0.6) is 0 Å². The second kappa shape index (κ2) is 3.92. The van der Waals surface area contributed by atoms with Gasteiger partial charge in [0.1, 0.15) is 17.9 Å². The molecule has 0 amide bonds. The lowest BCUT2D eigenvalue weighted by Gasteiger charge is -2.03. The van der Waals surface area contributed by atoms with Crippen LogP contribution in [0.1, 0.15) is 12.7 Å². The molecule has 2 rings (SSSR count). The molecule has 0 aliphatic rings. The van der Waals surface area contributed by atoms with Crippen molar-refractivity contribution in [3.8, 4) is 0 Å². The molecule has 0 unspecified atom stereocenters. The molecule has 0 atom stereocenters. The molecular weight excluding hydrogens is 211 g/mol. The molecular formula is C11H11FN2O2. The lowest BCUT2D eigenvalue weighted by Crippen LogP contribution is -2.11. The Balaban J connectivity index is 2.68. The number of carboxylic acids is 1. The van der Waals surface area contributed by atoms with Gasteiger partial charge in [0.15, 0.2) is 5.82 Å². The summed E-state index contributed by atoms with van der Waals surface area (Å²) in [5.41, 5.74) is 0.764. The Morgan fingerprint density at radius 2 is 2.31 bits per heavy atom. The molecule has 0 aliphatic heterocycles. The third kappa shape index (κ3) is 1.64. The first-order valence-corrected chi connectivity index (χ1v) is 4.99. The predicted octanol–water partition coefficient (Wildman–Crippen LogP) is 1.82. The molecule has 4 nitrogen and oxygen atoms in total. The minimum Gasteiger partial charge on any atom is -0.480 e. The normalized spacial score (nSPS) is 10.9. The molecule has 0 aliphatic carbocycles. The maximum Gasteiger partial charge on any atom is 0.323 e. The number of fused-ring (bicyclic) bond motifs is 1. The van der Waals surface area contributed by atoms with E-state index in [9.17, 15) is 9.18 Å². The second-order valence-corrected chi connectivity index (χ2v) is 3.47. The number of rotatable bonds is 3. The van der Waals surface area contributed by atoms with E-state index in [1.54, 1.807) is 12.1 Å². The summed E-state index contributed by atoms with van der Waals surface area (Å²) in [6.45, 7) is 1.67. The molecule has 1 N–H and O–H groups in total. The molecule has 0 saturated carbocycles. The molecule has 0 radical (unpaired) electrons. The number of aromatic nitrogens is 2. The standard InChI is InChI=1S/C11H11FN2O2/c1-2-9-13-11-7(12)4-3-5-8(11)14(9)6-10(15)16/h3-5H,2,6H2,1H3,(H,15,16). The number of aliphatic carboxylic acids is 1. The van der Waals surface area contributed by atoms with Gasteiger partial charge in [-0.25, -0.2) is 9.37 Å². The van der Waals surface area contributed by atoms with E-state index < -0.39 is 11.8 Å². The Morgan fingerprint density at radius 1 is 1.56 bits per heavy atom. The number of nitrogens with zero attached hydrogens (tertiary/aromatic N) is 2. The summed E-state index contributed by atoms with van der Waals surface area (Å²) in [4.78, 5) is 14.8. The van der Waals surface area contributed by atoms with Crippen LogP contribution >= 0.6 is 0 Å². The highest BCUT2D eigenvalue weighted by Crippen LogP contribution is 2.19.